The van der Waals surface area contributed by atoms with Crippen molar-refractivity contribution in [3.63, 3.8) is 0 Å². The van der Waals surface area contributed by atoms with Crippen molar-refractivity contribution >= 4 is 60.5 Å². The molecule has 0 unspecified atom stereocenters. The van der Waals surface area contributed by atoms with Crippen molar-refractivity contribution in [1.82, 2.24) is 0 Å². The molecule has 0 atom stereocenters. The molecule has 0 radical (unpaired) electrons. The fraction of sp³-hybridized carbons (Fsp3) is 0. The molecule has 9 aromatic carbocycles. The van der Waals surface area contributed by atoms with Crippen molar-refractivity contribution < 1.29 is 4.42 Å². The first-order valence-electron chi connectivity index (χ1n) is 17.7. The van der Waals surface area contributed by atoms with Crippen LogP contribution in [0.25, 0.3) is 76.9 Å². The maximum Gasteiger partial charge on any atom is 0.137 e. The summed E-state index contributed by atoms with van der Waals surface area (Å²) in [5.41, 5.74) is 12.1. The molecule has 0 aliphatic heterocycles. The van der Waals surface area contributed by atoms with Gasteiger partial charge in [-0.1, -0.05) is 133 Å². The first-order chi connectivity index (χ1) is 25.7. The summed E-state index contributed by atoms with van der Waals surface area (Å²) in [7, 11) is 0. The Morgan fingerprint density at radius 1 is 0.269 bits per heavy atom. The van der Waals surface area contributed by atoms with Crippen LogP contribution in [0.2, 0.25) is 0 Å². The highest BCUT2D eigenvalue weighted by atomic mass is 16.3. The van der Waals surface area contributed by atoms with Gasteiger partial charge >= 0.3 is 0 Å². The van der Waals surface area contributed by atoms with Crippen molar-refractivity contribution in [1.29, 1.82) is 0 Å². The van der Waals surface area contributed by atoms with Gasteiger partial charge in [0.25, 0.3) is 0 Å². The van der Waals surface area contributed by atoms with E-state index in [-0.39, 0.29) is 0 Å². The fourth-order valence-corrected chi connectivity index (χ4v) is 7.53. The standard InChI is InChI=1S/C50H33NO/c1-2-9-34(10-3-1)39-13-8-14-45(32-39)51(46-27-28-48-47-15-6-7-16-49(47)52-50(48)33-46)44-25-23-36(24-26-44)40-20-18-37-19-22-42(31-43(37)30-40)41-21-17-35-11-4-5-12-38(35)29-41/h1-33H. The first-order valence-corrected chi connectivity index (χ1v) is 17.7. The van der Waals surface area contributed by atoms with E-state index in [1.54, 1.807) is 0 Å². The van der Waals surface area contributed by atoms with E-state index in [4.69, 9.17) is 4.42 Å². The molecule has 0 spiro atoms. The topological polar surface area (TPSA) is 16.4 Å². The molecule has 0 saturated carbocycles. The second-order valence-electron chi connectivity index (χ2n) is 13.4. The number of para-hydroxylation sites is 1. The number of rotatable bonds is 6. The molecule has 1 heterocycles. The highest BCUT2D eigenvalue weighted by Crippen LogP contribution is 2.40. The van der Waals surface area contributed by atoms with Crippen LogP contribution in [-0.4, -0.2) is 0 Å². The van der Waals surface area contributed by atoms with Gasteiger partial charge in [0.2, 0.25) is 0 Å². The Labute approximate surface area is 302 Å². The average Bonchev–Trinajstić information content (AvgIpc) is 3.59. The highest BCUT2D eigenvalue weighted by molar-refractivity contribution is 6.06. The van der Waals surface area contributed by atoms with Gasteiger partial charge in [0.1, 0.15) is 11.2 Å². The highest BCUT2D eigenvalue weighted by Gasteiger charge is 2.17. The summed E-state index contributed by atoms with van der Waals surface area (Å²) in [6.45, 7) is 0. The molecule has 1 aromatic heterocycles. The van der Waals surface area contributed by atoms with E-state index in [9.17, 15) is 0 Å². The molecular formula is C50H33NO. The Morgan fingerprint density at radius 3 is 1.58 bits per heavy atom. The van der Waals surface area contributed by atoms with E-state index in [1.807, 2.05) is 12.1 Å². The van der Waals surface area contributed by atoms with Crippen molar-refractivity contribution in [3.8, 4) is 33.4 Å². The predicted octanol–water partition coefficient (Wildman–Crippen LogP) is 14.4. The van der Waals surface area contributed by atoms with E-state index in [0.29, 0.717) is 0 Å². The maximum atomic E-state index is 6.35. The molecule has 2 nitrogen and oxygen atoms in total. The van der Waals surface area contributed by atoms with Crippen LogP contribution >= 0.6 is 0 Å². The Bertz CT molecular complexity index is 2900. The van der Waals surface area contributed by atoms with Crippen LogP contribution in [-0.2, 0) is 0 Å². The van der Waals surface area contributed by atoms with Crippen LogP contribution in [0.5, 0.6) is 0 Å². The van der Waals surface area contributed by atoms with Crippen LogP contribution in [0.4, 0.5) is 17.1 Å². The van der Waals surface area contributed by atoms with Gasteiger partial charge in [-0.2, -0.15) is 0 Å². The van der Waals surface area contributed by atoms with Crippen LogP contribution in [0.3, 0.4) is 0 Å². The quantitative estimate of drug-likeness (QED) is 0.176. The second kappa shape index (κ2) is 12.5. The summed E-state index contributed by atoms with van der Waals surface area (Å²) in [4.78, 5) is 2.32. The number of hydrogen-bond acceptors (Lipinski definition) is 2. The summed E-state index contributed by atoms with van der Waals surface area (Å²) in [6, 6.07) is 71.8. The van der Waals surface area contributed by atoms with E-state index in [2.05, 4.69) is 193 Å². The molecular weight excluding hydrogens is 631 g/mol. The molecule has 10 aromatic rings. The Kier molecular flexibility index (Phi) is 7.18. The van der Waals surface area contributed by atoms with Gasteiger partial charge in [-0.05, 0) is 116 Å². The number of hydrogen-bond donors (Lipinski definition) is 0. The van der Waals surface area contributed by atoms with Crippen LogP contribution in [0.1, 0.15) is 0 Å². The van der Waals surface area contributed by atoms with E-state index >= 15 is 0 Å². The summed E-state index contributed by atoms with van der Waals surface area (Å²) in [6.07, 6.45) is 0. The first kappa shape index (κ1) is 30.0. The minimum atomic E-state index is 0.874. The zero-order valence-electron chi connectivity index (χ0n) is 28.4. The van der Waals surface area contributed by atoms with Gasteiger partial charge in [0.05, 0.1) is 0 Å². The molecule has 0 amide bonds. The molecule has 0 saturated heterocycles. The number of nitrogens with zero attached hydrogens (tertiary/aromatic N) is 1. The van der Waals surface area contributed by atoms with E-state index < -0.39 is 0 Å². The molecule has 0 aliphatic carbocycles. The van der Waals surface area contributed by atoms with Gasteiger partial charge in [-0.3, -0.25) is 0 Å². The lowest BCUT2D eigenvalue weighted by atomic mass is 9.96. The minimum absolute atomic E-state index is 0.874. The van der Waals surface area contributed by atoms with Crippen LogP contribution < -0.4 is 4.90 Å². The van der Waals surface area contributed by atoms with Crippen molar-refractivity contribution in [3.05, 3.63) is 200 Å². The number of benzene rings is 9. The van der Waals surface area contributed by atoms with Gasteiger partial charge < -0.3 is 9.32 Å². The SMILES string of the molecule is c1ccc(-c2cccc(N(c3ccc(-c4ccc5ccc(-c6ccc7ccccc7c6)cc5c4)cc3)c3ccc4c(c3)oc3ccccc34)c2)cc1. The number of fused-ring (bicyclic) bond motifs is 5. The van der Waals surface area contributed by atoms with Crippen LogP contribution in [0.15, 0.2) is 205 Å². The lowest BCUT2D eigenvalue weighted by Crippen LogP contribution is -2.10. The molecule has 0 fully saturated rings. The monoisotopic (exact) mass is 663 g/mol. The van der Waals surface area contributed by atoms with Crippen molar-refractivity contribution in [2.45, 2.75) is 0 Å². The minimum Gasteiger partial charge on any atom is -0.456 e. The third-order valence-electron chi connectivity index (χ3n) is 10.2. The normalized spacial score (nSPS) is 11.5. The van der Waals surface area contributed by atoms with Crippen molar-refractivity contribution in [2.75, 3.05) is 4.90 Å². The number of anilines is 3. The lowest BCUT2D eigenvalue weighted by molar-refractivity contribution is 0.669. The summed E-state index contributed by atoms with van der Waals surface area (Å²) >= 11 is 0. The van der Waals surface area contributed by atoms with Gasteiger partial charge in [-0.15, -0.1) is 0 Å². The molecule has 2 heteroatoms. The Balaban J connectivity index is 1.04. The molecule has 0 N–H and O–H groups in total. The second-order valence-corrected chi connectivity index (χ2v) is 13.4. The van der Waals surface area contributed by atoms with Gasteiger partial charge in [-0.25, -0.2) is 0 Å². The number of furan rings is 1. The van der Waals surface area contributed by atoms with E-state index in [1.165, 1.54) is 54.9 Å². The predicted molar refractivity (Wildman–Crippen MR) is 220 cm³/mol. The average molecular weight is 664 g/mol. The zero-order valence-corrected chi connectivity index (χ0v) is 28.4. The summed E-state index contributed by atoms with van der Waals surface area (Å²) < 4.78 is 6.35. The third kappa shape index (κ3) is 5.39. The lowest BCUT2D eigenvalue weighted by Gasteiger charge is -2.26. The largest absolute Gasteiger partial charge is 0.456 e. The zero-order chi connectivity index (χ0) is 34.4. The maximum absolute atomic E-state index is 6.35. The summed E-state index contributed by atoms with van der Waals surface area (Å²) in [5.74, 6) is 0. The third-order valence-corrected chi connectivity index (χ3v) is 10.2. The fourth-order valence-electron chi connectivity index (χ4n) is 7.53. The smallest absolute Gasteiger partial charge is 0.137 e. The van der Waals surface area contributed by atoms with Gasteiger partial charge in [0.15, 0.2) is 0 Å². The molecule has 0 bridgehead atoms. The Morgan fingerprint density at radius 2 is 0.788 bits per heavy atom. The molecule has 244 valence electrons. The molecule has 0 aliphatic rings. The molecule has 10 rings (SSSR count). The molecule has 52 heavy (non-hydrogen) atoms. The van der Waals surface area contributed by atoms with Gasteiger partial charge in [0, 0.05) is 33.9 Å². The summed E-state index contributed by atoms with van der Waals surface area (Å²) in [5, 5.41) is 7.22. The van der Waals surface area contributed by atoms with Crippen molar-refractivity contribution in [2.24, 2.45) is 0 Å². The van der Waals surface area contributed by atoms with Crippen LogP contribution in [0, 0.1) is 0 Å². The van der Waals surface area contributed by atoms with E-state index in [0.717, 1.165) is 39.0 Å². The Hall–Kier alpha value is -6.90.